The summed E-state index contributed by atoms with van der Waals surface area (Å²) in [5, 5.41) is 2.76. The quantitative estimate of drug-likeness (QED) is 0.673. The summed E-state index contributed by atoms with van der Waals surface area (Å²) in [6.07, 6.45) is 10.0. The molecule has 1 aliphatic rings. The largest absolute Gasteiger partial charge is 0.348 e. The summed E-state index contributed by atoms with van der Waals surface area (Å²) in [6.45, 7) is 2.92. The Labute approximate surface area is 154 Å². The van der Waals surface area contributed by atoms with E-state index >= 15 is 0 Å². The number of amides is 1. The third-order valence-electron chi connectivity index (χ3n) is 5.00. The summed E-state index contributed by atoms with van der Waals surface area (Å²) in [7, 11) is 0. The summed E-state index contributed by atoms with van der Waals surface area (Å²) in [6, 6.07) is 6.01. The van der Waals surface area contributed by atoms with Crippen LogP contribution in [0.2, 0.25) is 0 Å². The number of hydrogen-bond donors (Lipinski definition) is 2. The van der Waals surface area contributed by atoms with Gasteiger partial charge in [0, 0.05) is 37.1 Å². The topological polar surface area (TPSA) is 61.0 Å². The van der Waals surface area contributed by atoms with Crippen molar-refractivity contribution < 1.29 is 9.18 Å². The Morgan fingerprint density at radius 3 is 3.12 bits per heavy atom. The Bertz CT molecular complexity index is 689. The van der Waals surface area contributed by atoms with Gasteiger partial charge in [0.1, 0.15) is 5.82 Å². The van der Waals surface area contributed by atoms with E-state index < -0.39 is 0 Å². The lowest BCUT2D eigenvalue weighted by Gasteiger charge is -2.16. The van der Waals surface area contributed by atoms with Crippen LogP contribution in [0.3, 0.4) is 0 Å². The van der Waals surface area contributed by atoms with Crippen LogP contribution in [-0.4, -0.2) is 40.4 Å². The van der Waals surface area contributed by atoms with Crippen LogP contribution in [-0.2, 0) is 11.2 Å². The molecule has 1 aromatic carbocycles. The number of nitrogens with zero attached hydrogens (tertiary/aromatic N) is 2. The molecule has 2 N–H and O–H groups in total. The second-order valence-electron chi connectivity index (χ2n) is 7.09. The number of aromatic nitrogens is 2. The second-order valence-corrected chi connectivity index (χ2v) is 7.09. The van der Waals surface area contributed by atoms with E-state index in [0.29, 0.717) is 12.1 Å². The Morgan fingerprint density at radius 2 is 2.31 bits per heavy atom. The number of halogens is 1. The zero-order valence-electron chi connectivity index (χ0n) is 15.1. The molecular weight excluding hydrogens is 331 g/mol. The van der Waals surface area contributed by atoms with Crippen molar-refractivity contribution in [2.45, 2.75) is 38.5 Å². The molecule has 2 heterocycles. The van der Waals surface area contributed by atoms with Crippen LogP contribution < -0.4 is 5.32 Å². The number of anilines is 1. The number of nitrogens with one attached hydrogen (secondary N) is 2. The van der Waals surface area contributed by atoms with Crippen molar-refractivity contribution in [3.63, 3.8) is 0 Å². The highest BCUT2D eigenvalue weighted by Gasteiger charge is 2.22. The predicted octanol–water partition coefficient (Wildman–Crippen LogP) is 3.61. The van der Waals surface area contributed by atoms with Crippen molar-refractivity contribution in [2.24, 2.45) is 5.92 Å². The number of likely N-dealkylation sites (tertiary alicyclic amines) is 1. The number of carbonyl (C=O) groups excluding carboxylic acids is 1. The Balaban J connectivity index is 1.28. The zero-order valence-corrected chi connectivity index (χ0v) is 15.1. The minimum absolute atomic E-state index is 0.0568. The monoisotopic (exact) mass is 358 g/mol. The minimum atomic E-state index is -0.335. The molecule has 1 saturated heterocycles. The number of imidazole rings is 1. The van der Waals surface area contributed by atoms with Gasteiger partial charge in [-0.25, -0.2) is 9.37 Å². The minimum Gasteiger partial charge on any atom is -0.348 e. The molecule has 1 aliphatic heterocycles. The average Bonchev–Trinajstić information content (AvgIpc) is 3.29. The molecule has 0 radical (unpaired) electrons. The van der Waals surface area contributed by atoms with Crippen molar-refractivity contribution in [1.82, 2.24) is 14.9 Å². The fourth-order valence-corrected chi connectivity index (χ4v) is 3.57. The van der Waals surface area contributed by atoms with E-state index in [9.17, 15) is 9.18 Å². The van der Waals surface area contributed by atoms with E-state index in [4.69, 9.17) is 0 Å². The first kappa shape index (κ1) is 18.6. The van der Waals surface area contributed by atoms with Gasteiger partial charge in [0.15, 0.2) is 0 Å². The van der Waals surface area contributed by atoms with Gasteiger partial charge in [0.25, 0.3) is 0 Å². The molecule has 0 saturated carbocycles. The first-order chi connectivity index (χ1) is 12.7. The van der Waals surface area contributed by atoms with Crippen molar-refractivity contribution in [2.75, 3.05) is 25.0 Å². The average molecular weight is 358 g/mol. The molecule has 5 nitrogen and oxygen atoms in total. The standard InChI is InChI=1S/C20H27FN4O/c21-17-5-3-7-18(12-17)24-20(26)9-11-25-10-8-16(14-25)4-1-2-6-19-13-22-15-23-19/h3,5,7,12-13,15-16H,1-2,4,6,8-11,14H2,(H,22,23)(H,24,26). The molecular formula is C20H27FN4O. The van der Waals surface area contributed by atoms with Crippen LogP contribution in [0.15, 0.2) is 36.8 Å². The lowest BCUT2D eigenvalue weighted by molar-refractivity contribution is -0.116. The lowest BCUT2D eigenvalue weighted by Crippen LogP contribution is -2.26. The van der Waals surface area contributed by atoms with Crippen molar-refractivity contribution in [3.8, 4) is 0 Å². The molecule has 3 rings (SSSR count). The molecule has 26 heavy (non-hydrogen) atoms. The number of carbonyl (C=O) groups is 1. The molecule has 1 fully saturated rings. The molecule has 2 aromatic rings. The van der Waals surface area contributed by atoms with Crippen molar-refractivity contribution >= 4 is 11.6 Å². The van der Waals surface area contributed by atoms with Crippen LogP contribution in [0.25, 0.3) is 0 Å². The van der Waals surface area contributed by atoms with Crippen LogP contribution >= 0.6 is 0 Å². The number of H-pyrrole nitrogens is 1. The molecule has 1 unspecified atom stereocenters. The van der Waals surface area contributed by atoms with E-state index in [1.807, 2.05) is 6.20 Å². The molecule has 0 spiro atoms. The van der Waals surface area contributed by atoms with E-state index in [1.165, 1.54) is 43.5 Å². The molecule has 1 amide bonds. The molecule has 0 bridgehead atoms. The van der Waals surface area contributed by atoms with E-state index in [0.717, 1.165) is 32.0 Å². The van der Waals surface area contributed by atoms with Gasteiger partial charge in [0.05, 0.1) is 6.33 Å². The smallest absolute Gasteiger partial charge is 0.225 e. The molecule has 1 atom stereocenters. The second kappa shape index (κ2) is 9.48. The van der Waals surface area contributed by atoms with Crippen molar-refractivity contribution in [1.29, 1.82) is 0 Å². The highest BCUT2D eigenvalue weighted by molar-refractivity contribution is 5.90. The van der Waals surface area contributed by atoms with Crippen LogP contribution in [0.1, 0.15) is 37.8 Å². The number of aryl methyl sites for hydroxylation is 1. The zero-order chi connectivity index (χ0) is 18.2. The number of aromatic amines is 1. The number of benzene rings is 1. The van der Waals surface area contributed by atoms with Gasteiger partial charge < -0.3 is 15.2 Å². The molecule has 140 valence electrons. The van der Waals surface area contributed by atoms with Crippen LogP contribution in [0, 0.1) is 11.7 Å². The maximum absolute atomic E-state index is 13.1. The van der Waals surface area contributed by atoms with E-state index in [-0.39, 0.29) is 11.7 Å². The van der Waals surface area contributed by atoms with Crippen LogP contribution in [0.5, 0.6) is 0 Å². The molecule has 6 heteroatoms. The predicted molar refractivity (Wildman–Crippen MR) is 100 cm³/mol. The van der Waals surface area contributed by atoms with Crippen LogP contribution in [0.4, 0.5) is 10.1 Å². The van der Waals surface area contributed by atoms with E-state index in [2.05, 4.69) is 20.2 Å². The van der Waals surface area contributed by atoms with Gasteiger partial charge in [0.2, 0.25) is 5.91 Å². The Hall–Kier alpha value is -2.21. The molecule has 0 aliphatic carbocycles. The summed E-state index contributed by atoms with van der Waals surface area (Å²) >= 11 is 0. The fourth-order valence-electron chi connectivity index (χ4n) is 3.57. The first-order valence-electron chi connectivity index (χ1n) is 9.44. The van der Waals surface area contributed by atoms with Gasteiger partial charge >= 0.3 is 0 Å². The fraction of sp³-hybridized carbons (Fsp3) is 0.500. The summed E-state index contributed by atoms with van der Waals surface area (Å²) in [4.78, 5) is 21.6. The lowest BCUT2D eigenvalue weighted by atomic mass is 10.0. The van der Waals surface area contributed by atoms with Gasteiger partial charge in [-0.05, 0) is 56.3 Å². The van der Waals surface area contributed by atoms with Crippen molar-refractivity contribution in [3.05, 3.63) is 48.3 Å². The van der Waals surface area contributed by atoms with Gasteiger partial charge in [-0.15, -0.1) is 0 Å². The third-order valence-corrected chi connectivity index (χ3v) is 5.00. The Kier molecular flexibility index (Phi) is 6.77. The number of hydrogen-bond acceptors (Lipinski definition) is 3. The maximum atomic E-state index is 13.1. The summed E-state index contributed by atoms with van der Waals surface area (Å²) in [5.41, 5.74) is 1.73. The van der Waals surface area contributed by atoms with E-state index in [1.54, 1.807) is 18.5 Å². The SMILES string of the molecule is O=C(CCN1CCC(CCCCc2cnc[nH]2)C1)Nc1cccc(F)c1. The summed E-state index contributed by atoms with van der Waals surface area (Å²) < 4.78 is 13.1. The third kappa shape index (κ3) is 5.95. The first-order valence-corrected chi connectivity index (χ1v) is 9.44. The van der Waals surface area contributed by atoms with Gasteiger partial charge in [-0.3, -0.25) is 4.79 Å². The summed E-state index contributed by atoms with van der Waals surface area (Å²) in [5.74, 6) is 0.347. The number of unbranched alkanes of at least 4 members (excludes halogenated alkanes) is 1. The van der Waals surface area contributed by atoms with Gasteiger partial charge in [-0.1, -0.05) is 12.5 Å². The normalized spacial score (nSPS) is 17.5. The maximum Gasteiger partial charge on any atom is 0.225 e. The Morgan fingerprint density at radius 1 is 1.38 bits per heavy atom. The highest BCUT2D eigenvalue weighted by Crippen LogP contribution is 2.22. The highest BCUT2D eigenvalue weighted by atomic mass is 19.1. The van der Waals surface area contributed by atoms with Gasteiger partial charge in [-0.2, -0.15) is 0 Å². The molecule has 1 aromatic heterocycles. The number of rotatable bonds is 9.